The molecule has 0 N–H and O–H groups in total. The first kappa shape index (κ1) is 21.0. The second-order valence-electron chi connectivity index (χ2n) is 14.1. The molecule has 0 radical (unpaired) electrons. The van der Waals surface area contributed by atoms with Crippen molar-refractivity contribution in [3.63, 3.8) is 0 Å². The van der Waals surface area contributed by atoms with Gasteiger partial charge in [0.1, 0.15) is 0 Å². The van der Waals surface area contributed by atoms with E-state index in [4.69, 9.17) is 6.85 Å². The van der Waals surface area contributed by atoms with E-state index in [0.717, 1.165) is 33.5 Å². The Morgan fingerprint density at radius 1 is 0.434 bits per heavy atom. The van der Waals surface area contributed by atoms with Crippen LogP contribution in [0, 0.1) is 0 Å². The molecule has 0 saturated heterocycles. The summed E-state index contributed by atoms with van der Waals surface area (Å²) >= 11 is 0. The third-order valence-corrected chi connectivity index (χ3v) is 10.8. The van der Waals surface area contributed by atoms with Gasteiger partial charge in [-0.05, 0) is 105 Å². The molecule has 10 aromatic rings. The van der Waals surface area contributed by atoms with Gasteiger partial charge in [-0.3, -0.25) is 0 Å². The van der Waals surface area contributed by atoms with Crippen molar-refractivity contribution in [1.82, 2.24) is 9.13 Å². The van der Waals surface area contributed by atoms with Gasteiger partial charge < -0.3 is 9.13 Å². The summed E-state index contributed by atoms with van der Waals surface area (Å²) in [6.07, 6.45) is 0. The van der Waals surface area contributed by atoms with E-state index in [2.05, 4.69) is 13.8 Å². The first-order chi connectivity index (χ1) is 30.7. The SMILES string of the molecule is [2H]c1c([2H])c([2H])c(-c2cccc3c2-c2ccc(-n4c5ccccc5c5c([2H])c(-c6c([2H])c([2H])c7c(c6[2H])c6ccccc6n7-c6ccccc6)c([2H])c([2H])c54)cc2C3(C)C)c([2H])c1[2H]. The number of benzene rings is 8. The van der Waals surface area contributed by atoms with E-state index in [9.17, 15) is 8.22 Å². The number of aromatic nitrogens is 2. The van der Waals surface area contributed by atoms with Crippen molar-refractivity contribution in [3.8, 4) is 44.8 Å². The maximum atomic E-state index is 9.88. The maximum Gasteiger partial charge on any atom is 0.0645 e. The first-order valence-corrected chi connectivity index (χ1v) is 17.6. The highest BCUT2D eigenvalue weighted by atomic mass is 15.0. The topological polar surface area (TPSA) is 9.86 Å². The first-order valence-electron chi connectivity index (χ1n) is 23.1. The smallest absolute Gasteiger partial charge is 0.0645 e. The van der Waals surface area contributed by atoms with Crippen LogP contribution in [0.4, 0.5) is 0 Å². The molecule has 0 bridgehead atoms. The van der Waals surface area contributed by atoms with Gasteiger partial charge in [-0.1, -0.05) is 135 Å². The third kappa shape index (κ3) is 4.33. The zero-order valence-electron chi connectivity index (χ0n) is 39.9. The second kappa shape index (κ2) is 11.2. The minimum absolute atomic E-state index is 0.0392. The molecular weight excluding hydrogens is 641 g/mol. The summed E-state index contributed by atoms with van der Waals surface area (Å²) in [7, 11) is 0. The molecular formula is C51H36N2. The van der Waals surface area contributed by atoms with Gasteiger partial charge in [0.15, 0.2) is 0 Å². The standard InChI is InChI=1S/C51H36N2/c1-51(2)44-21-13-20-38(33-14-5-3-6-15-33)50(44)41-27-26-37(32-45(41)51)53-47-23-12-10-19-40(47)43-31-35(25-29-49(43)53)34-24-28-48-42(30-34)39-18-9-11-22-46(39)52(48)36-16-7-4-8-17-36/h3-32H,1-2H3/i3D,5D,6D,14D,15D,24D,25D,28D,29D,30D,31D. The van der Waals surface area contributed by atoms with Gasteiger partial charge in [-0.25, -0.2) is 0 Å². The van der Waals surface area contributed by atoms with Crippen LogP contribution in [0.25, 0.3) is 88.4 Å². The van der Waals surface area contributed by atoms with Crippen molar-refractivity contribution < 1.29 is 15.1 Å². The minimum Gasteiger partial charge on any atom is -0.309 e. The van der Waals surface area contributed by atoms with E-state index in [1.165, 1.54) is 0 Å². The highest BCUT2D eigenvalue weighted by Crippen LogP contribution is 2.53. The fourth-order valence-electron chi connectivity index (χ4n) is 8.40. The van der Waals surface area contributed by atoms with Crippen LogP contribution in [-0.2, 0) is 5.41 Å². The van der Waals surface area contributed by atoms with Gasteiger partial charge in [-0.2, -0.15) is 0 Å². The number of nitrogens with zero attached hydrogens (tertiary/aromatic N) is 2. The van der Waals surface area contributed by atoms with Crippen LogP contribution in [0.1, 0.15) is 40.1 Å². The molecule has 0 aliphatic heterocycles. The molecule has 1 aliphatic carbocycles. The van der Waals surface area contributed by atoms with Gasteiger partial charge in [-0.15, -0.1) is 0 Å². The van der Waals surface area contributed by atoms with Crippen molar-refractivity contribution in [3.05, 3.63) is 193 Å². The fraction of sp³-hybridized carbons (Fsp3) is 0.0588. The van der Waals surface area contributed by atoms with Crippen LogP contribution < -0.4 is 0 Å². The lowest BCUT2D eigenvalue weighted by Crippen LogP contribution is -2.15. The van der Waals surface area contributed by atoms with Gasteiger partial charge in [0.2, 0.25) is 0 Å². The number of para-hydroxylation sites is 3. The average Bonchev–Trinajstić information content (AvgIpc) is 3.92. The van der Waals surface area contributed by atoms with Gasteiger partial charge >= 0.3 is 0 Å². The molecule has 1 aliphatic rings. The zero-order valence-corrected chi connectivity index (χ0v) is 28.9. The molecule has 0 atom stereocenters. The van der Waals surface area contributed by atoms with Crippen LogP contribution in [0.2, 0.25) is 0 Å². The van der Waals surface area contributed by atoms with Crippen molar-refractivity contribution in [2.24, 2.45) is 0 Å². The Morgan fingerprint density at radius 2 is 1.04 bits per heavy atom. The lowest BCUT2D eigenvalue weighted by Gasteiger charge is -2.22. The Bertz CT molecular complexity index is 3690. The fourth-order valence-corrected chi connectivity index (χ4v) is 8.40. The van der Waals surface area contributed by atoms with E-state index in [-0.39, 0.29) is 65.0 Å². The summed E-state index contributed by atoms with van der Waals surface area (Å²) in [6.45, 7) is 4.16. The summed E-state index contributed by atoms with van der Waals surface area (Å²) in [5, 5.41) is 2.16. The van der Waals surface area contributed by atoms with Crippen molar-refractivity contribution in [2.45, 2.75) is 19.3 Å². The molecule has 0 saturated carbocycles. The van der Waals surface area contributed by atoms with Crippen LogP contribution in [0.15, 0.2) is 182 Å². The normalized spacial score (nSPS) is 16.2. The van der Waals surface area contributed by atoms with Gasteiger partial charge in [0.05, 0.1) is 37.1 Å². The van der Waals surface area contributed by atoms with E-state index in [0.29, 0.717) is 49.3 Å². The Labute approximate surface area is 324 Å². The molecule has 2 nitrogen and oxygen atoms in total. The average molecular weight is 688 g/mol. The van der Waals surface area contributed by atoms with E-state index in [1.807, 2.05) is 118 Å². The highest BCUT2D eigenvalue weighted by Gasteiger charge is 2.37. The number of hydrogen-bond acceptors (Lipinski definition) is 0. The summed E-state index contributed by atoms with van der Waals surface area (Å²) < 4.78 is 104. The van der Waals surface area contributed by atoms with Crippen LogP contribution in [0.5, 0.6) is 0 Å². The molecule has 0 spiro atoms. The van der Waals surface area contributed by atoms with Gasteiger partial charge in [0.25, 0.3) is 0 Å². The molecule has 0 unspecified atom stereocenters. The quantitative estimate of drug-likeness (QED) is 0.174. The summed E-state index contributed by atoms with van der Waals surface area (Å²) in [5.74, 6) is 0. The van der Waals surface area contributed by atoms with Crippen LogP contribution >= 0.6 is 0 Å². The molecule has 11 rings (SSSR count). The van der Waals surface area contributed by atoms with E-state index >= 15 is 0 Å². The summed E-state index contributed by atoms with van der Waals surface area (Å²) in [4.78, 5) is 0. The number of rotatable bonds is 4. The Balaban J connectivity index is 1.16. The summed E-state index contributed by atoms with van der Waals surface area (Å²) in [6, 6.07) is 33.1. The Hall–Kier alpha value is -6.64. The van der Waals surface area contributed by atoms with E-state index in [1.54, 1.807) is 6.07 Å². The molecule has 2 heterocycles. The number of hydrogen-bond donors (Lipinski definition) is 0. The van der Waals surface area contributed by atoms with Crippen LogP contribution in [0.3, 0.4) is 0 Å². The Morgan fingerprint density at radius 3 is 1.70 bits per heavy atom. The minimum atomic E-state index is -0.605. The largest absolute Gasteiger partial charge is 0.309 e. The van der Waals surface area contributed by atoms with Crippen molar-refractivity contribution in [1.29, 1.82) is 0 Å². The maximum absolute atomic E-state index is 9.88. The monoisotopic (exact) mass is 687 g/mol. The molecule has 0 amide bonds. The van der Waals surface area contributed by atoms with Crippen molar-refractivity contribution >= 4 is 43.6 Å². The summed E-state index contributed by atoms with van der Waals surface area (Å²) in [5.41, 5.74) is 7.00. The third-order valence-electron chi connectivity index (χ3n) is 10.8. The second-order valence-corrected chi connectivity index (χ2v) is 14.1. The molecule has 0 fully saturated rings. The van der Waals surface area contributed by atoms with Crippen LogP contribution in [-0.4, -0.2) is 9.13 Å². The molecule has 8 aromatic carbocycles. The van der Waals surface area contributed by atoms with E-state index < -0.39 is 23.5 Å². The molecule has 53 heavy (non-hydrogen) atoms. The molecule has 2 heteroatoms. The molecule has 250 valence electrons. The number of fused-ring (bicyclic) bond motifs is 9. The Kier molecular flexibility index (Phi) is 4.43. The molecule has 2 aromatic heterocycles. The van der Waals surface area contributed by atoms with Gasteiger partial charge in [0, 0.05) is 38.3 Å². The highest BCUT2D eigenvalue weighted by molar-refractivity contribution is 6.12. The lowest BCUT2D eigenvalue weighted by molar-refractivity contribution is 0.660. The predicted molar refractivity (Wildman–Crippen MR) is 224 cm³/mol. The van der Waals surface area contributed by atoms with Crippen molar-refractivity contribution in [2.75, 3.05) is 0 Å². The zero-order chi connectivity index (χ0) is 44.8. The predicted octanol–water partition coefficient (Wildman–Crippen LogP) is 13.5. The lowest BCUT2D eigenvalue weighted by atomic mass is 9.82.